The van der Waals surface area contributed by atoms with E-state index in [0.717, 1.165) is 30.7 Å². The van der Waals surface area contributed by atoms with Crippen LogP contribution < -0.4 is 11.1 Å². The van der Waals surface area contributed by atoms with E-state index >= 15 is 0 Å². The van der Waals surface area contributed by atoms with Crippen molar-refractivity contribution in [3.05, 3.63) is 24.3 Å². The molecule has 2 aromatic rings. The molecule has 8 heteroatoms. The molecule has 1 aliphatic rings. The molecular weight excluding hydrogens is 316 g/mol. The van der Waals surface area contributed by atoms with Crippen molar-refractivity contribution >= 4 is 24.0 Å². The van der Waals surface area contributed by atoms with Gasteiger partial charge in [-0.2, -0.15) is 0 Å². The predicted octanol–water partition coefficient (Wildman–Crippen LogP) is 2.16. The van der Waals surface area contributed by atoms with Crippen LogP contribution in [0.1, 0.15) is 38.6 Å². The lowest BCUT2D eigenvalue weighted by Gasteiger charge is -2.12. The molecule has 1 fully saturated rings. The van der Waals surface area contributed by atoms with E-state index in [2.05, 4.69) is 20.8 Å². The van der Waals surface area contributed by atoms with Crippen LogP contribution in [0.25, 0.3) is 11.4 Å². The van der Waals surface area contributed by atoms with Gasteiger partial charge in [-0.3, -0.25) is 4.79 Å². The molecule has 124 valence electrons. The number of tetrazole rings is 1. The van der Waals surface area contributed by atoms with Gasteiger partial charge in [-0.25, -0.2) is 4.68 Å². The summed E-state index contributed by atoms with van der Waals surface area (Å²) in [5.41, 5.74) is 7.43. The van der Waals surface area contributed by atoms with E-state index in [-0.39, 0.29) is 18.3 Å². The van der Waals surface area contributed by atoms with Crippen LogP contribution in [-0.4, -0.2) is 32.2 Å². The smallest absolute Gasteiger partial charge is 0.241 e. The van der Waals surface area contributed by atoms with Gasteiger partial charge in [0.25, 0.3) is 0 Å². The summed E-state index contributed by atoms with van der Waals surface area (Å²) in [5, 5.41) is 14.8. The van der Waals surface area contributed by atoms with Gasteiger partial charge in [0.05, 0.1) is 12.1 Å². The summed E-state index contributed by atoms with van der Waals surface area (Å²) in [6.07, 6.45) is 3.77. The summed E-state index contributed by atoms with van der Waals surface area (Å²) in [6, 6.07) is 7.45. The molecule has 0 radical (unpaired) electrons. The zero-order valence-electron chi connectivity index (χ0n) is 13.0. The van der Waals surface area contributed by atoms with Crippen LogP contribution in [0, 0.1) is 0 Å². The van der Waals surface area contributed by atoms with Gasteiger partial charge in [-0.1, -0.05) is 25.5 Å². The Hall–Kier alpha value is -1.99. The maximum Gasteiger partial charge on any atom is 0.241 e. The van der Waals surface area contributed by atoms with Gasteiger partial charge in [0.2, 0.25) is 5.91 Å². The number of nitrogens with one attached hydrogen (secondary N) is 1. The Morgan fingerprint density at radius 3 is 2.96 bits per heavy atom. The molecule has 3 rings (SSSR count). The summed E-state index contributed by atoms with van der Waals surface area (Å²) < 4.78 is 1.85. The first kappa shape index (κ1) is 17.4. The minimum Gasteiger partial charge on any atom is -0.325 e. The minimum absolute atomic E-state index is 0. The van der Waals surface area contributed by atoms with E-state index in [0.29, 0.717) is 18.2 Å². The second-order valence-electron chi connectivity index (χ2n) is 5.64. The van der Waals surface area contributed by atoms with Gasteiger partial charge in [-0.05, 0) is 41.8 Å². The maximum absolute atomic E-state index is 12.0. The molecule has 1 aliphatic carbocycles. The molecule has 1 atom stereocenters. The third-order valence-electron chi connectivity index (χ3n) is 3.71. The molecule has 3 N–H and O–H groups in total. The number of rotatable bonds is 6. The number of amides is 1. The number of hydrogen-bond donors (Lipinski definition) is 2. The topological polar surface area (TPSA) is 98.7 Å². The van der Waals surface area contributed by atoms with Crippen molar-refractivity contribution in [2.45, 2.75) is 44.7 Å². The third-order valence-corrected chi connectivity index (χ3v) is 3.71. The molecule has 0 aliphatic heterocycles. The summed E-state index contributed by atoms with van der Waals surface area (Å²) in [4.78, 5) is 12.0. The summed E-state index contributed by atoms with van der Waals surface area (Å²) in [5.74, 6) is 0.567. The van der Waals surface area contributed by atoms with E-state index in [1.54, 1.807) is 0 Å². The zero-order chi connectivity index (χ0) is 15.5. The molecule has 23 heavy (non-hydrogen) atoms. The molecule has 1 amide bonds. The van der Waals surface area contributed by atoms with Gasteiger partial charge >= 0.3 is 0 Å². The second-order valence-corrected chi connectivity index (χ2v) is 5.64. The molecule has 1 heterocycles. The van der Waals surface area contributed by atoms with Crippen molar-refractivity contribution in [3.63, 3.8) is 0 Å². The lowest BCUT2D eigenvalue weighted by molar-refractivity contribution is -0.117. The number of halogens is 1. The number of nitrogens with two attached hydrogens (primary N) is 1. The molecule has 0 spiro atoms. The number of carbonyl (C=O) groups excluding carboxylic acids is 1. The Balaban J connectivity index is 0.00000192. The first-order valence-corrected chi connectivity index (χ1v) is 7.63. The van der Waals surface area contributed by atoms with Gasteiger partial charge in [-0.15, -0.1) is 17.5 Å². The molecule has 1 aromatic heterocycles. The van der Waals surface area contributed by atoms with Crippen LogP contribution in [-0.2, 0) is 4.79 Å². The summed E-state index contributed by atoms with van der Waals surface area (Å²) in [7, 11) is 0. The van der Waals surface area contributed by atoms with Crippen LogP contribution in [0.15, 0.2) is 24.3 Å². The zero-order valence-corrected chi connectivity index (χ0v) is 13.8. The van der Waals surface area contributed by atoms with E-state index in [1.165, 1.54) is 0 Å². The summed E-state index contributed by atoms with van der Waals surface area (Å²) in [6.45, 7) is 2.01. The normalized spacial score (nSPS) is 14.9. The average molecular weight is 337 g/mol. The average Bonchev–Trinajstić information content (AvgIpc) is 3.24. The third kappa shape index (κ3) is 4.05. The van der Waals surface area contributed by atoms with Crippen LogP contribution in [0.4, 0.5) is 5.69 Å². The Kier molecular flexibility index (Phi) is 5.68. The first-order valence-electron chi connectivity index (χ1n) is 7.63. The van der Waals surface area contributed by atoms with Crippen molar-refractivity contribution < 1.29 is 4.79 Å². The number of carbonyl (C=O) groups is 1. The Labute approximate surface area is 141 Å². The largest absolute Gasteiger partial charge is 0.325 e. The Morgan fingerprint density at radius 1 is 1.48 bits per heavy atom. The maximum atomic E-state index is 12.0. The van der Waals surface area contributed by atoms with E-state index in [4.69, 9.17) is 5.73 Å². The van der Waals surface area contributed by atoms with Gasteiger partial charge < -0.3 is 11.1 Å². The Morgan fingerprint density at radius 2 is 2.26 bits per heavy atom. The quantitative estimate of drug-likeness (QED) is 0.842. The highest BCUT2D eigenvalue weighted by molar-refractivity contribution is 5.95. The highest BCUT2D eigenvalue weighted by Gasteiger charge is 2.28. The first-order chi connectivity index (χ1) is 10.7. The van der Waals surface area contributed by atoms with Crippen LogP contribution in [0.3, 0.4) is 0 Å². The standard InChI is InChI=1S/C15H20N6O.ClH/c1-2-4-13(16)15(22)17-11-6-3-5-10(9-11)14-18-19-20-21(14)12-7-8-12;/h3,5-6,9,12-13H,2,4,7-8,16H2,1H3,(H,17,22);1H. The van der Waals surface area contributed by atoms with Crippen molar-refractivity contribution in [1.82, 2.24) is 20.2 Å². The highest BCUT2D eigenvalue weighted by Crippen LogP contribution is 2.36. The molecule has 1 saturated carbocycles. The SMILES string of the molecule is CCCC(N)C(=O)Nc1cccc(-c2nnnn2C2CC2)c1.Cl. The molecule has 0 bridgehead atoms. The number of anilines is 1. The van der Waals surface area contributed by atoms with E-state index < -0.39 is 6.04 Å². The fraction of sp³-hybridized carbons (Fsp3) is 0.467. The van der Waals surface area contributed by atoms with Gasteiger partial charge in [0.15, 0.2) is 5.82 Å². The molecule has 7 nitrogen and oxygen atoms in total. The van der Waals surface area contributed by atoms with Gasteiger partial charge in [0, 0.05) is 11.3 Å². The fourth-order valence-electron chi connectivity index (χ4n) is 2.36. The van der Waals surface area contributed by atoms with Crippen molar-refractivity contribution in [1.29, 1.82) is 0 Å². The Bertz CT molecular complexity index is 669. The fourth-order valence-corrected chi connectivity index (χ4v) is 2.36. The van der Waals surface area contributed by atoms with E-state index in [9.17, 15) is 4.79 Å². The molecule has 1 aromatic carbocycles. The highest BCUT2D eigenvalue weighted by atomic mass is 35.5. The second kappa shape index (κ2) is 7.52. The van der Waals surface area contributed by atoms with Crippen LogP contribution >= 0.6 is 12.4 Å². The molecular formula is C15H21ClN6O. The monoisotopic (exact) mass is 336 g/mol. The predicted molar refractivity (Wildman–Crippen MR) is 90.3 cm³/mol. The number of benzene rings is 1. The van der Waals surface area contributed by atoms with Crippen molar-refractivity contribution in [2.24, 2.45) is 5.73 Å². The minimum atomic E-state index is -0.481. The number of nitrogens with zero attached hydrogens (tertiary/aromatic N) is 4. The number of aromatic nitrogens is 4. The van der Waals surface area contributed by atoms with E-state index in [1.807, 2.05) is 35.9 Å². The van der Waals surface area contributed by atoms with Gasteiger partial charge in [0.1, 0.15) is 0 Å². The lowest BCUT2D eigenvalue weighted by atomic mass is 10.1. The van der Waals surface area contributed by atoms with Crippen LogP contribution in [0.5, 0.6) is 0 Å². The lowest BCUT2D eigenvalue weighted by Crippen LogP contribution is -2.35. The molecule has 0 saturated heterocycles. The van der Waals surface area contributed by atoms with Crippen LogP contribution in [0.2, 0.25) is 0 Å². The van der Waals surface area contributed by atoms with Crippen molar-refractivity contribution in [3.8, 4) is 11.4 Å². The molecule has 1 unspecified atom stereocenters. The summed E-state index contributed by atoms with van der Waals surface area (Å²) >= 11 is 0. The number of hydrogen-bond acceptors (Lipinski definition) is 5. The van der Waals surface area contributed by atoms with Crippen molar-refractivity contribution in [2.75, 3.05) is 5.32 Å².